The molecule has 0 spiro atoms. The van der Waals surface area contributed by atoms with E-state index in [9.17, 15) is 14.0 Å². The molecule has 0 aromatic heterocycles. The summed E-state index contributed by atoms with van der Waals surface area (Å²) in [7, 11) is 0. The lowest BCUT2D eigenvalue weighted by Crippen LogP contribution is -2.53. The second kappa shape index (κ2) is 5.29. The maximum Gasteiger partial charge on any atom is 0.255 e. The fourth-order valence-corrected chi connectivity index (χ4v) is 3.43. The Balaban J connectivity index is 1.80. The van der Waals surface area contributed by atoms with Gasteiger partial charge in [0.25, 0.3) is 5.91 Å². The maximum atomic E-state index is 13.4. The van der Waals surface area contributed by atoms with E-state index in [-0.39, 0.29) is 23.5 Å². The van der Waals surface area contributed by atoms with Crippen LogP contribution in [0.4, 0.5) is 10.1 Å². The van der Waals surface area contributed by atoms with Crippen molar-refractivity contribution in [1.82, 2.24) is 9.80 Å². The molecule has 112 valence electrons. The van der Waals surface area contributed by atoms with Gasteiger partial charge in [-0.05, 0) is 34.5 Å². The Bertz CT molecular complexity index is 622. The minimum absolute atomic E-state index is 0.0452. The van der Waals surface area contributed by atoms with E-state index in [0.717, 1.165) is 6.42 Å². The molecule has 2 fully saturated rings. The summed E-state index contributed by atoms with van der Waals surface area (Å²) in [6.07, 6.45) is 1.34. The van der Waals surface area contributed by atoms with Crippen molar-refractivity contribution in [2.75, 3.05) is 25.4 Å². The average Bonchev–Trinajstić information content (AvgIpc) is 2.83. The summed E-state index contributed by atoms with van der Waals surface area (Å²) >= 11 is 3.21. The first kappa shape index (κ1) is 14.3. The molecule has 2 saturated heterocycles. The van der Waals surface area contributed by atoms with E-state index in [1.165, 1.54) is 12.1 Å². The number of amides is 2. The van der Waals surface area contributed by atoms with E-state index in [2.05, 4.69) is 15.9 Å². The lowest BCUT2D eigenvalue weighted by molar-refractivity contribution is -0.130. The van der Waals surface area contributed by atoms with Gasteiger partial charge in [-0.25, -0.2) is 4.39 Å². The molecule has 1 aromatic rings. The summed E-state index contributed by atoms with van der Waals surface area (Å²) < 4.78 is 13.8. The molecule has 1 atom stereocenters. The second-order valence-electron chi connectivity index (χ2n) is 5.38. The van der Waals surface area contributed by atoms with Crippen molar-refractivity contribution in [2.45, 2.75) is 18.9 Å². The topological polar surface area (TPSA) is 66.6 Å². The number of nitrogen functional groups attached to an aromatic ring is 1. The van der Waals surface area contributed by atoms with Crippen LogP contribution < -0.4 is 5.73 Å². The third kappa shape index (κ3) is 2.50. The summed E-state index contributed by atoms with van der Waals surface area (Å²) in [5.74, 6) is -0.573. The van der Waals surface area contributed by atoms with Crippen LogP contribution in [0.2, 0.25) is 0 Å². The van der Waals surface area contributed by atoms with E-state index in [1.54, 1.807) is 4.90 Å². The van der Waals surface area contributed by atoms with Crippen molar-refractivity contribution in [3.8, 4) is 0 Å². The van der Waals surface area contributed by atoms with Crippen LogP contribution in [-0.4, -0.2) is 47.3 Å². The first-order valence-corrected chi connectivity index (χ1v) is 7.60. The molecular weight excluding hydrogens is 341 g/mol. The lowest BCUT2D eigenvalue weighted by Gasteiger charge is -2.37. The van der Waals surface area contributed by atoms with Gasteiger partial charge in [-0.1, -0.05) is 0 Å². The fourth-order valence-electron chi connectivity index (χ4n) is 2.95. The molecule has 5 nitrogen and oxygen atoms in total. The molecule has 0 bridgehead atoms. The van der Waals surface area contributed by atoms with Gasteiger partial charge in [0.1, 0.15) is 5.82 Å². The molecule has 2 aliphatic rings. The van der Waals surface area contributed by atoms with Gasteiger partial charge in [0.15, 0.2) is 0 Å². The Hall–Kier alpha value is -1.63. The van der Waals surface area contributed by atoms with Crippen LogP contribution in [0.1, 0.15) is 23.2 Å². The van der Waals surface area contributed by atoms with E-state index in [0.29, 0.717) is 36.1 Å². The van der Waals surface area contributed by atoms with Crippen molar-refractivity contribution in [3.05, 3.63) is 28.0 Å². The van der Waals surface area contributed by atoms with E-state index < -0.39 is 5.82 Å². The third-order valence-corrected chi connectivity index (χ3v) is 4.75. The zero-order valence-electron chi connectivity index (χ0n) is 11.3. The molecule has 0 radical (unpaired) electrons. The Morgan fingerprint density at radius 3 is 2.90 bits per heavy atom. The number of piperazine rings is 1. The number of nitrogens with two attached hydrogens (primary N) is 1. The zero-order chi connectivity index (χ0) is 15.1. The predicted molar refractivity (Wildman–Crippen MR) is 79.2 cm³/mol. The second-order valence-corrected chi connectivity index (χ2v) is 6.24. The van der Waals surface area contributed by atoms with Crippen LogP contribution in [0.25, 0.3) is 0 Å². The van der Waals surface area contributed by atoms with Crippen LogP contribution in [-0.2, 0) is 4.79 Å². The van der Waals surface area contributed by atoms with Gasteiger partial charge in [0.2, 0.25) is 5.91 Å². The van der Waals surface area contributed by atoms with Gasteiger partial charge in [0.05, 0.1) is 11.3 Å². The van der Waals surface area contributed by atoms with E-state index >= 15 is 0 Å². The lowest BCUT2D eigenvalue weighted by atomic mass is 10.1. The number of rotatable bonds is 1. The number of benzene rings is 1. The molecule has 2 N–H and O–H groups in total. The number of carbonyl (C=O) groups is 2. The number of carbonyl (C=O) groups excluding carboxylic acids is 2. The molecular formula is C14H15BrFN3O2. The summed E-state index contributed by atoms with van der Waals surface area (Å²) in [6.45, 7) is 1.57. The van der Waals surface area contributed by atoms with Crippen LogP contribution in [0.15, 0.2) is 16.6 Å². The first-order chi connectivity index (χ1) is 9.97. The highest BCUT2D eigenvalue weighted by atomic mass is 79.9. The molecule has 3 rings (SSSR count). The molecule has 1 aromatic carbocycles. The quantitative estimate of drug-likeness (QED) is 0.778. The molecule has 2 aliphatic heterocycles. The highest BCUT2D eigenvalue weighted by molar-refractivity contribution is 9.10. The van der Waals surface area contributed by atoms with Crippen molar-refractivity contribution < 1.29 is 14.0 Å². The van der Waals surface area contributed by atoms with Gasteiger partial charge in [0, 0.05) is 36.6 Å². The molecule has 1 unspecified atom stereocenters. The highest BCUT2D eigenvalue weighted by Crippen LogP contribution is 2.27. The Kier molecular flexibility index (Phi) is 3.61. The summed E-state index contributed by atoms with van der Waals surface area (Å²) in [5, 5.41) is 0. The number of nitrogens with zero attached hydrogens (tertiary/aromatic N) is 2. The van der Waals surface area contributed by atoms with Crippen molar-refractivity contribution >= 4 is 33.4 Å². The summed E-state index contributed by atoms with van der Waals surface area (Å²) in [6, 6.07) is 2.66. The number of hydrogen-bond donors (Lipinski definition) is 1. The standard InChI is InChI=1S/C14H15BrFN3O2/c15-10-6-11(16)12(17)5-9(10)14(21)18-3-4-19-8(7-18)1-2-13(19)20/h5-6,8H,1-4,7,17H2. The van der Waals surface area contributed by atoms with Crippen molar-refractivity contribution in [3.63, 3.8) is 0 Å². The molecule has 2 heterocycles. The van der Waals surface area contributed by atoms with Crippen molar-refractivity contribution in [2.24, 2.45) is 0 Å². The maximum absolute atomic E-state index is 13.4. The van der Waals surface area contributed by atoms with Gasteiger partial charge >= 0.3 is 0 Å². The first-order valence-electron chi connectivity index (χ1n) is 6.80. The van der Waals surface area contributed by atoms with Crippen LogP contribution in [0, 0.1) is 5.82 Å². The minimum atomic E-state index is -0.551. The van der Waals surface area contributed by atoms with Gasteiger partial charge in [-0.2, -0.15) is 0 Å². The SMILES string of the molecule is Nc1cc(C(=O)N2CCN3C(=O)CCC3C2)c(Br)cc1F. The largest absolute Gasteiger partial charge is 0.396 e. The molecule has 0 aliphatic carbocycles. The van der Waals surface area contributed by atoms with Gasteiger partial charge in [-0.3, -0.25) is 9.59 Å². The summed E-state index contributed by atoms with van der Waals surface area (Å²) in [4.78, 5) is 27.8. The zero-order valence-corrected chi connectivity index (χ0v) is 12.9. The molecule has 0 saturated carbocycles. The monoisotopic (exact) mass is 355 g/mol. The van der Waals surface area contributed by atoms with Crippen LogP contribution in [0.3, 0.4) is 0 Å². The fraction of sp³-hybridized carbons (Fsp3) is 0.429. The summed E-state index contributed by atoms with van der Waals surface area (Å²) in [5.41, 5.74) is 5.85. The van der Waals surface area contributed by atoms with E-state index in [4.69, 9.17) is 5.73 Å². The normalized spacial score (nSPS) is 21.6. The van der Waals surface area contributed by atoms with E-state index in [1.807, 2.05) is 4.90 Å². The molecule has 7 heteroatoms. The van der Waals surface area contributed by atoms with Crippen LogP contribution in [0.5, 0.6) is 0 Å². The third-order valence-electron chi connectivity index (χ3n) is 4.10. The van der Waals surface area contributed by atoms with Crippen LogP contribution >= 0.6 is 15.9 Å². The Morgan fingerprint density at radius 2 is 2.14 bits per heavy atom. The van der Waals surface area contributed by atoms with Gasteiger partial charge < -0.3 is 15.5 Å². The predicted octanol–water partition coefficient (Wildman–Crippen LogP) is 1.62. The average molecular weight is 356 g/mol. The Morgan fingerprint density at radius 1 is 1.38 bits per heavy atom. The highest BCUT2D eigenvalue weighted by Gasteiger charge is 2.37. The number of halogens is 2. The smallest absolute Gasteiger partial charge is 0.255 e. The number of hydrogen-bond acceptors (Lipinski definition) is 3. The number of anilines is 1. The molecule has 2 amide bonds. The Labute approximate surface area is 130 Å². The molecule has 21 heavy (non-hydrogen) atoms. The number of fused-ring (bicyclic) bond motifs is 1. The minimum Gasteiger partial charge on any atom is -0.396 e. The van der Waals surface area contributed by atoms with Crippen molar-refractivity contribution in [1.29, 1.82) is 0 Å². The van der Waals surface area contributed by atoms with Gasteiger partial charge in [-0.15, -0.1) is 0 Å².